The van der Waals surface area contributed by atoms with E-state index in [0.717, 1.165) is 0 Å². The fraction of sp³-hybridized carbons (Fsp3) is 0.788. The number of aliphatic hydroxyl groups excluding tert-OH is 1. The summed E-state index contributed by atoms with van der Waals surface area (Å²) >= 11 is 0. The van der Waals surface area contributed by atoms with Gasteiger partial charge in [-0.05, 0) is 154 Å². The minimum Gasteiger partial charge on any atom is -0.480 e. The second kappa shape index (κ2) is 40.1. The molecular formula is C52H98N18O13. The minimum absolute atomic E-state index is 0.0216. The summed E-state index contributed by atoms with van der Waals surface area (Å²) in [5.41, 5.74) is 39.9. The zero-order valence-electron chi connectivity index (χ0n) is 48.5. The molecular weight excluding hydrogens is 1080 g/mol. The molecule has 25 N–H and O–H groups in total. The van der Waals surface area contributed by atoms with E-state index in [1.165, 1.54) is 9.80 Å². The number of hydrogen-bond donors (Lipinski definition) is 18. The number of unbranched alkanes of at least 4 members (excludes halogenated alkanes) is 4. The minimum atomic E-state index is -1.33. The van der Waals surface area contributed by atoms with E-state index >= 15 is 0 Å². The van der Waals surface area contributed by atoms with Gasteiger partial charge in [0.1, 0.15) is 67.2 Å². The van der Waals surface area contributed by atoms with Crippen molar-refractivity contribution in [3.63, 3.8) is 0 Å². The van der Waals surface area contributed by atoms with Crippen molar-refractivity contribution < 1.29 is 63.0 Å². The molecule has 31 nitrogen and oxygen atoms in total. The fourth-order valence-corrected chi connectivity index (χ4v) is 9.73. The van der Waals surface area contributed by atoms with Crippen molar-refractivity contribution >= 4 is 65.0 Å². The van der Waals surface area contributed by atoms with Crippen LogP contribution in [0.5, 0.6) is 0 Å². The molecule has 0 saturated carbocycles. The number of nitrogens with zero attached hydrogens (tertiary/aromatic N) is 2. The summed E-state index contributed by atoms with van der Waals surface area (Å²) in [7, 11) is 0. The van der Waals surface area contributed by atoms with Crippen LogP contribution in [0.4, 0.5) is 0 Å². The summed E-state index contributed by atoms with van der Waals surface area (Å²) in [5, 5.41) is 42.9. The molecule has 2 saturated heterocycles. The number of amides is 10. The summed E-state index contributed by atoms with van der Waals surface area (Å²) in [5.74, 6) is -8.88. The molecule has 2 rings (SSSR count). The first-order valence-electron chi connectivity index (χ1n) is 29.2. The molecule has 0 aliphatic carbocycles. The van der Waals surface area contributed by atoms with Gasteiger partial charge >= 0.3 is 5.97 Å². The lowest BCUT2D eigenvalue weighted by molar-refractivity contribution is -0.148. The van der Waals surface area contributed by atoms with Gasteiger partial charge < -0.3 is 103 Å². The first-order chi connectivity index (χ1) is 39.6. The van der Waals surface area contributed by atoms with E-state index < -0.39 is 151 Å². The molecule has 83 heavy (non-hydrogen) atoms. The highest BCUT2D eigenvalue weighted by atomic mass is 16.4. The topological polar surface area (TPSA) is 525 Å². The molecule has 2 heterocycles. The van der Waals surface area contributed by atoms with Crippen LogP contribution in [0.1, 0.15) is 129 Å². The molecule has 474 valence electrons. The number of hydrogen-bond acceptors (Lipinski definition) is 20. The Kier molecular flexibility index (Phi) is 35.3. The summed E-state index contributed by atoms with van der Waals surface area (Å²) in [6, 6.07) is -10.9. The molecule has 2 fully saturated rings. The van der Waals surface area contributed by atoms with Gasteiger partial charge in [-0.25, -0.2) is 0 Å². The molecule has 2 aliphatic heterocycles. The van der Waals surface area contributed by atoms with Crippen LogP contribution >= 0.6 is 0 Å². The van der Waals surface area contributed by atoms with Gasteiger partial charge in [-0.2, -0.15) is 0 Å². The van der Waals surface area contributed by atoms with Gasteiger partial charge in [-0.15, -0.1) is 0 Å². The van der Waals surface area contributed by atoms with Crippen molar-refractivity contribution in [3.05, 3.63) is 0 Å². The van der Waals surface area contributed by atoms with Crippen LogP contribution in [0.15, 0.2) is 0 Å². The molecule has 10 amide bonds. The Hall–Kier alpha value is -6.19. The number of carbonyl (C=O) groups is 11. The maximum atomic E-state index is 14.5. The van der Waals surface area contributed by atoms with Crippen LogP contribution in [0.25, 0.3) is 0 Å². The summed E-state index contributed by atoms with van der Waals surface area (Å²) in [6.07, 6.45) is 4.25. The molecule has 2 aliphatic rings. The van der Waals surface area contributed by atoms with Crippen LogP contribution in [0.2, 0.25) is 0 Å². The highest BCUT2D eigenvalue weighted by Crippen LogP contribution is 2.26. The standard InChI is InChI=1S/C52H98N18O13/c1-31(2)42(49(81)61-29-41(73)74)68-47(79)35(17-6-10-24-56)65-46(78)36(18-11-25-60-52(58)59)66-44(76)33(15-4-8-22-54)63-43(75)32(14-3-7-21-53)64-45(77)34(16-5-9-23-55)67-48(80)38-19-12-26-69(38)51(83)39-20-13-27-70(39)50(82)37(30-71)62-40(72)28-57/h31-39,42,52,60,71H,3-30,53-59H2,1-2H3,(H,61,81)(H,62,72)(H,63,75)(H,64,77)(H,65,78)(H,66,76)(H,67,80)(H,68,79)(H,73,74)/t32-,33-,34-,35-,36-,37-,38-,39-,42-/m0/s1. The van der Waals surface area contributed by atoms with Gasteiger partial charge in [-0.1, -0.05) is 13.8 Å². The number of nitrogens with two attached hydrogens (primary N) is 7. The Labute approximate surface area is 486 Å². The van der Waals surface area contributed by atoms with Crippen LogP contribution in [-0.2, 0) is 52.7 Å². The van der Waals surface area contributed by atoms with E-state index in [0.29, 0.717) is 64.2 Å². The van der Waals surface area contributed by atoms with E-state index in [9.17, 15) is 57.8 Å². The molecule has 0 bridgehead atoms. The van der Waals surface area contributed by atoms with Gasteiger partial charge in [0.2, 0.25) is 59.1 Å². The van der Waals surface area contributed by atoms with Gasteiger partial charge in [-0.3, -0.25) is 58.1 Å². The molecule has 0 aromatic heterocycles. The Balaban J connectivity index is 2.45. The van der Waals surface area contributed by atoms with Crippen molar-refractivity contribution in [2.75, 3.05) is 65.5 Å². The zero-order chi connectivity index (χ0) is 62.0. The number of aliphatic hydroxyl groups is 1. The van der Waals surface area contributed by atoms with Crippen LogP contribution in [-0.4, -0.2) is 211 Å². The predicted molar refractivity (Wildman–Crippen MR) is 306 cm³/mol. The van der Waals surface area contributed by atoms with Crippen molar-refractivity contribution in [2.24, 2.45) is 46.1 Å². The smallest absolute Gasteiger partial charge is 0.322 e. The highest BCUT2D eigenvalue weighted by Gasteiger charge is 2.44. The fourth-order valence-electron chi connectivity index (χ4n) is 9.73. The van der Waals surface area contributed by atoms with Crippen LogP contribution < -0.4 is 88.0 Å². The normalized spacial score (nSPS) is 17.5. The molecule has 31 heteroatoms. The molecule has 0 aromatic carbocycles. The molecule has 0 spiro atoms. The zero-order valence-corrected chi connectivity index (χ0v) is 48.5. The van der Waals surface area contributed by atoms with Crippen molar-refractivity contribution in [2.45, 2.75) is 190 Å². The Morgan fingerprint density at radius 1 is 0.506 bits per heavy atom. The monoisotopic (exact) mass is 1180 g/mol. The van der Waals surface area contributed by atoms with Crippen molar-refractivity contribution in [1.82, 2.24) is 57.7 Å². The predicted octanol–water partition coefficient (Wildman–Crippen LogP) is -6.74. The van der Waals surface area contributed by atoms with Crippen LogP contribution in [0.3, 0.4) is 0 Å². The van der Waals surface area contributed by atoms with Crippen LogP contribution in [0, 0.1) is 5.92 Å². The summed E-state index contributed by atoms with van der Waals surface area (Å²) in [4.78, 5) is 152. The Morgan fingerprint density at radius 2 is 0.916 bits per heavy atom. The Morgan fingerprint density at radius 3 is 1.31 bits per heavy atom. The first-order valence-corrected chi connectivity index (χ1v) is 29.2. The Bertz CT molecular complexity index is 2090. The number of likely N-dealkylation sites (tertiary alicyclic amines) is 2. The van der Waals surface area contributed by atoms with E-state index in [1.54, 1.807) is 13.8 Å². The first kappa shape index (κ1) is 72.9. The number of rotatable bonds is 42. The maximum Gasteiger partial charge on any atom is 0.322 e. The third kappa shape index (κ3) is 26.1. The third-order valence-corrected chi connectivity index (χ3v) is 14.3. The lowest BCUT2D eigenvalue weighted by Crippen LogP contribution is -2.60. The summed E-state index contributed by atoms with van der Waals surface area (Å²) in [6.45, 7) is 3.04. The van der Waals surface area contributed by atoms with E-state index in [2.05, 4.69) is 47.9 Å². The number of carboxylic acids is 1. The largest absolute Gasteiger partial charge is 0.480 e. The summed E-state index contributed by atoms with van der Waals surface area (Å²) < 4.78 is 0. The van der Waals surface area contributed by atoms with Gasteiger partial charge in [0.05, 0.1) is 13.2 Å². The van der Waals surface area contributed by atoms with Crippen molar-refractivity contribution in [1.29, 1.82) is 0 Å². The van der Waals surface area contributed by atoms with Gasteiger partial charge in [0.15, 0.2) is 0 Å². The van der Waals surface area contributed by atoms with Gasteiger partial charge in [0, 0.05) is 13.1 Å². The molecule has 0 aromatic rings. The number of carboxylic acid groups (broad SMARTS) is 1. The lowest BCUT2D eigenvalue weighted by atomic mass is 10.0. The second-order valence-electron chi connectivity index (χ2n) is 21.3. The van der Waals surface area contributed by atoms with E-state index in [-0.39, 0.29) is 97.2 Å². The van der Waals surface area contributed by atoms with Gasteiger partial charge in [0.25, 0.3) is 0 Å². The average molecular weight is 1180 g/mol. The van der Waals surface area contributed by atoms with Crippen molar-refractivity contribution in [3.8, 4) is 0 Å². The quantitative estimate of drug-likeness (QED) is 0.0200. The van der Waals surface area contributed by atoms with E-state index in [4.69, 9.17) is 45.2 Å². The second-order valence-corrected chi connectivity index (χ2v) is 21.3. The highest BCUT2D eigenvalue weighted by molar-refractivity contribution is 5.99. The SMILES string of the molecule is CC(C)[C@H](NC(=O)[C@H](CCCCN)NC(=O)[C@H](CCCNC(N)N)NC(=O)[C@H](CCCCN)NC(=O)[C@H](CCCCN)NC(=O)[C@H](CCCCN)NC(=O)[C@@H]1CCCN1C(=O)[C@@H]1CCCN1C(=O)[C@H](CO)NC(=O)CN)C(=O)NCC(=O)O. The number of aliphatic carboxylic acids is 1. The molecule has 9 atom stereocenters. The number of nitrogens with one attached hydrogen (secondary N) is 9. The molecule has 0 unspecified atom stereocenters. The molecule has 0 radical (unpaired) electrons. The lowest BCUT2D eigenvalue weighted by Gasteiger charge is -2.33. The average Bonchev–Trinajstić information content (AvgIpc) is 4.01. The number of carbonyl (C=O) groups excluding carboxylic acids is 10. The maximum absolute atomic E-state index is 14.5. The third-order valence-electron chi connectivity index (χ3n) is 14.3. The van der Waals surface area contributed by atoms with E-state index in [1.807, 2.05) is 0 Å².